The second kappa shape index (κ2) is 6.21. The van der Waals surface area contributed by atoms with Gasteiger partial charge < -0.3 is 9.55 Å². The molecule has 27 heavy (non-hydrogen) atoms. The van der Waals surface area contributed by atoms with E-state index in [1.165, 1.54) is 0 Å². The number of benzene rings is 2. The van der Waals surface area contributed by atoms with Crippen molar-refractivity contribution in [1.29, 1.82) is 0 Å². The topological polar surface area (TPSA) is 63.6 Å². The number of rotatable bonds is 3. The minimum atomic E-state index is -0.00563. The molecule has 1 N–H and O–H groups in total. The van der Waals surface area contributed by atoms with Crippen LogP contribution in [-0.4, -0.2) is 19.5 Å². The van der Waals surface area contributed by atoms with E-state index in [-0.39, 0.29) is 5.56 Å². The van der Waals surface area contributed by atoms with Crippen molar-refractivity contribution in [2.75, 3.05) is 0 Å². The molecule has 0 saturated heterocycles. The minimum absolute atomic E-state index is 0.00563. The Morgan fingerprint density at radius 3 is 2.70 bits per heavy atom. The zero-order chi connectivity index (χ0) is 18.2. The van der Waals surface area contributed by atoms with E-state index >= 15 is 0 Å². The molecule has 0 spiro atoms. The van der Waals surface area contributed by atoms with Gasteiger partial charge in [-0.25, -0.2) is 4.98 Å². The van der Waals surface area contributed by atoms with E-state index in [4.69, 9.17) is 0 Å². The predicted molar refractivity (Wildman–Crippen MR) is 107 cm³/mol. The summed E-state index contributed by atoms with van der Waals surface area (Å²) >= 11 is 0. The van der Waals surface area contributed by atoms with Crippen molar-refractivity contribution in [3.05, 3.63) is 95.0 Å². The van der Waals surface area contributed by atoms with Gasteiger partial charge in [-0.1, -0.05) is 30.3 Å². The summed E-state index contributed by atoms with van der Waals surface area (Å²) in [6.07, 6.45) is 3.50. The number of imidazole rings is 1. The van der Waals surface area contributed by atoms with Crippen LogP contribution >= 0.6 is 0 Å². The Labute approximate surface area is 155 Å². The van der Waals surface area contributed by atoms with Gasteiger partial charge in [0.15, 0.2) is 0 Å². The SMILES string of the molecule is O=c1ccc2cc(-c3nc4ccncc4[nH]3)ccc2n1Cc1ccccc1. The first-order valence-corrected chi connectivity index (χ1v) is 8.75. The highest BCUT2D eigenvalue weighted by Gasteiger charge is 2.09. The van der Waals surface area contributed by atoms with Gasteiger partial charge in [-0.2, -0.15) is 0 Å². The monoisotopic (exact) mass is 352 g/mol. The summed E-state index contributed by atoms with van der Waals surface area (Å²) in [5.41, 5.74) is 4.77. The van der Waals surface area contributed by atoms with Gasteiger partial charge >= 0.3 is 0 Å². The average Bonchev–Trinajstić information content (AvgIpc) is 3.15. The summed E-state index contributed by atoms with van der Waals surface area (Å²) in [5, 5.41) is 1.00. The molecule has 130 valence electrons. The number of aromatic amines is 1. The summed E-state index contributed by atoms with van der Waals surface area (Å²) in [6, 6.07) is 21.4. The number of hydrogen-bond donors (Lipinski definition) is 1. The lowest BCUT2D eigenvalue weighted by Crippen LogP contribution is -2.19. The summed E-state index contributed by atoms with van der Waals surface area (Å²) in [5.74, 6) is 0.792. The van der Waals surface area contributed by atoms with Crippen molar-refractivity contribution < 1.29 is 0 Å². The molecule has 0 unspecified atom stereocenters. The van der Waals surface area contributed by atoms with Crippen LogP contribution in [0.2, 0.25) is 0 Å². The molecule has 3 aromatic heterocycles. The van der Waals surface area contributed by atoms with Gasteiger partial charge in [0.25, 0.3) is 5.56 Å². The highest BCUT2D eigenvalue weighted by Crippen LogP contribution is 2.24. The maximum absolute atomic E-state index is 12.4. The maximum atomic E-state index is 12.4. The van der Waals surface area contributed by atoms with Crippen LogP contribution < -0.4 is 5.56 Å². The van der Waals surface area contributed by atoms with Gasteiger partial charge in [-0.15, -0.1) is 0 Å². The smallest absolute Gasteiger partial charge is 0.251 e. The lowest BCUT2D eigenvalue weighted by atomic mass is 10.1. The van der Waals surface area contributed by atoms with Crippen molar-refractivity contribution >= 4 is 21.9 Å². The molecule has 0 amide bonds. The zero-order valence-corrected chi connectivity index (χ0v) is 14.5. The molecule has 0 fully saturated rings. The van der Waals surface area contributed by atoms with Crippen molar-refractivity contribution in [2.24, 2.45) is 0 Å². The van der Waals surface area contributed by atoms with Gasteiger partial charge in [-0.05, 0) is 41.3 Å². The van der Waals surface area contributed by atoms with Crippen LogP contribution in [0.4, 0.5) is 0 Å². The lowest BCUT2D eigenvalue weighted by molar-refractivity contribution is 0.795. The molecule has 5 rings (SSSR count). The molecule has 2 aromatic carbocycles. The largest absolute Gasteiger partial charge is 0.337 e. The van der Waals surface area contributed by atoms with Crippen LogP contribution in [0.5, 0.6) is 0 Å². The number of H-pyrrole nitrogens is 1. The molecular weight excluding hydrogens is 336 g/mol. The van der Waals surface area contributed by atoms with Gasteiger partial charge in [0.05, 0.1) is 29.3 Å². The number of hydrogen-bond acceptors (Lipinski definition) is 3. The van der Waals surface area contributed by atoms with Crippen LogP contribution in [0, 0.1) is 0 Å². The van der Waals surface area contributed by atoms with E-state index in [1.807, 2.05) is 54.6 Å². The molecule has 0 aliphatic carbocycles. The average molecular weight is 352 g/mol. The predicted octanol–water partition coefficient (Wildman–Crippen LogP) is 3.99. The van der Waals surface area contributed by atoms with Crippen molar-refractivity contribution in [2.45, 2.75) is 6.54 Å². The molecule has 5 aromatic rings. The summed E-state index contributed by atoms with van der Waals surface area (Å²) in [7, 11) is 0. The van der Waals surface area contributed by atoms with E-state index in [0.717, 1.165) is 38.9 Å². The lowest BCUT2D eigenvalue weighted by Gasteiger charge is -2.11. The first kappa shape index (κ1) is 15.5. The number of aromatic nitrogens is 4. The third kappa shape index (κ3) is 2.79. The van der Waals surface area contributed by atoms with Crippen molar-refractivity contribution in [1.82, 2.24) is 19.5 Å². The Morgan fingerprint density at radius 1 is 0.963 bits per heavy atom. The fourth-order valence-electron chi connectivity index (χ4n) is 3.37. The normalized spacial score (nSPS) is 11.3. The Morgan fingerprint density at radius 2 is 1.85 bits per heavy atom. The third-order valence-electron chi connectivity index (χ3n) is 4.73. The van der Waals surface area contributed by atoms with Crippen LogP contribution in [0.1, 0.15) is 5.56 Å². The number of nitrogens with zero attached hydrogens (tertiary/aromatic N) is 3. The highest BCUT2D eigenvalue weighted by atomic mass is 16.1. The molecule has 0 aliphatic heterocycles. The number of fused-ring (bicyclic) bond motifs is 2. The van der Waals surface area contributed by atoms with E-state index in [1.54, 1.807) is 23.0 Å². The minimum Gasteiger partial charge on any atom is -0.337 e. The highest BCUT2D eigenvalue weighted by molar-refractivity contribution is 5.85. The van der Waals surface area contributed by atoms with Crippen LogP contribution in [0.15, 0.2) is 83.9 Å². The van der Waals surface area contributed by atoms with Crippen LogP contribution in [0.3, 0.4) is 0 Å². The molecule has 0 aliphatic rings. The van der Waals surface area contributed by atoms with E-state index in [0.29, 0.717) is 6.54 Å². The fraction of sp³-hybridized carbons (Fsp3) is 0.0455. The van der Waals surface area contributed by atoms with Gasteiger partial charge in [0.1, 0.15) is 5.82 Å². The molecule has 5 heteroatoms. The Bertz CT molecular complexity index is 1290. The molecule has 0 atom stereocenters. The summed E-state index contributed by atoms with van der Waals surface area (Å²) in [4.78, 5) is 24.5. The first-order valence-electron chi connectivity index (χ1n) is 8.75. The van der Waals surface area contributed by atoms with Gasteiger partial charge in [-0.3, -0.25) is 9.78 Å². The quantitative estimate of drug-likeness (QED) is 0.534. The van der Waals surface area contributed by atoms with Crippen LogP contribution in [0.25, 0.3) is 33.3 Å². The standard InChI is InChI=1S/C22H16N4O/c27-21-9-7-16-12-17(22-24-18-10-11-23-13-19(18)25-22)6-8-20(16)26(21)14-15-4-2-1-3-5-15/h1-13H,14H2,(H,24,25). The van der Waals surface area contributed by atoms with Crippen molar-refractivity contribution in [3.8, 4) is 11.4 Å². The second-order valence-corrected chi connectivity index (χ2v) is 6.50. The maximum Gasteiger partial charge on any atom is 0.251 e. The molecule has 0 radical (unpaired) electrons. The summed E-state index contributed by atoms with van der Waals surface area (Å²) < 4.78 is 1.80. The van der Waals surface area contributed by atoms with Crippen molar-refractivity contribution in [3.63, 3.8) is 0 Å². The Hall–Kier alpha value is -3.73. The Kier molecular flexibility index (Phi) is 3.57. The second-order valence-electron chi connectivity index (χ2n) is 6.50. The fourth-order valence-corrected chi connectivity index (χ4v) is 3.37. The first-order chi connectivity index (χ1) is 13.3. The molecule has 0 saturated carbocycles. The van der Waals surface area contributed by atoms with Crippen LogP contribution in [-0.2, 0) is 6.54 Å². The number of pyridine rings is 2. The molecule has 3 heterocycles. The summed E-state index contributed by atoms with van der Waals surface area (Å²) in [6.45, 7) is 0.548. The number of nitrogens with one attached hydrogen (secondary N) is 1. The van der Waals surface area contributed by atoms with Gasteiger partial charge in [0.2, 0.25) is 0 Å². The Balaban J connectivity index is 1.62. The zero-order valence-electron chi connectivity index (χ0n) is 14.5. The van der Waals surface area contributed by atoms with E-state index in [9.17, 15) is 4.79 Å². The van der Waals surface area contributed by atoms with E-state index < -0.39 is 0 Å². The third-order valence-corrected chi connectivity index (χ3v) is 4.73. The molecular formula is C22H16N4O. The molecule has 5 nitrogen and oxygen atoms in total. The van der Waals surface area contributed by atoms with E-state index in [2.05, 4.69) is 21.0 Å². The van der Waals surface area contributed by atoms with Gasteiger partial charge in [0, 0.05) is 17.8 Å². The molecule has 0 bridgehead atoms.